The van der Waals surface area contributed by atoms with Crippen LogP contribution in [0.25, 0.3) is 33.3 Å². The molecular weight excluding hydrogens is 318 g/mol. The highest BCUT2D eigenvalue weighted by Crippen LogP contribution is 2.41. The number of anilines is 1. The normalized spacial score (nSPS) is 10.8. The van der Waals surface area contributed by atoms with Gasteiger partial charge in [0.25, 0.3) is 0 Å². The summed E-state index contributed by atoms with van der Waals surface area (Å²) in [6, 6.07) is 22.3. The lowest BCUT2D eigenvalue weighted by Crippen LogP contribution is -1.91. The molecule has 0 fully saturated rings. The Morgan fingerprint density at radius 3 is 2.35 bits per heavy atom. The monoisotopic (exact) mass is 337 g/mol. The van der Waals surface area contributed by atoms with E-state index in [9.17, 15) is 5.26 Å². The van der Waals surface area contributed by atoms with Crippen molar-refractivity contribution >= 4 is 16.6 Å². The second-order valence-corrected chi connectivity index (χ2v) is 6.71. The zero-order valence-electron chi connectivity index (χ0n) is 14.8. The number of para-hydroxylation sites is 1. The first-order valence-electron chi connectivity index (χ1n) is 8.56. The highest BCUT2D eigenvalue weighted by atomic mass is 14.7. The number of aryl methyl sites for hydroxylation is 2. The van der Waals surface area contributed by atoms with E-state index in [1.54, 1.807) is 0 Å². The van der Waals surface area contributed by atoms with Gasteiger partial charge < -0.3 is 10.7 Å². The van der Waals surface area contributed by atoms with Crippen LogP contribution in [0.15, 0.2) is 60.7 Å². The van der Waals surface area contributed by atoms with Crippen LogP contribution in [0.5, 0.6) is 0 Å². The van der Waals surface area contributed by atoms with Gasteiger partial charge in [0.1, 0.15) is 0 Å². The van der Waals surface area contributed by atoms with E-state index in [0.29, 0.717) is 5.56 Å². The van der Waals surface area contributed by atoms with Gasteiger partial charge >= 0.3 is 0 Å². The smallest absolute Gasteiger partial charge is 0.0991 e. The third kappa shape index (κ3) is 2.62. The van der Waals surface area contributed by atoms with Crippen LogP contribution in [0, 0.1) is 25.2 Å². The van der Waals surface area contributed by atoms with Crippen molar-refractivity contribution in [3.8, 4) is 28.5 Å². The number of rotatable bonds is 2. The lowest BCUT2D eigenvalue weighted by atomic mass is 9.95. The van der Waals surface area contributed by atoms with Crippen molar-refractivity contribution in [2.24, 2.45) is 0 Å². The Kier molecular flexibility index (Phi) is 3.74. The second-order valence-electron chi connectivity index (χ2n) is 6.71. The minimum Gasteiger partial charge on any atom is -0.398 e. The summed E-state index contributed by atoms with van der Waals surface area (Å²) in [5, 5.41) is 10.3. The number of aromatic amines is 1. The van der Waals surface area contributed by atoms with Crippen molar-refractivity contribution in [2.75, 3.05) is 5.73 Å². The number of nitrogens with zero attached hydrogens (tertiary/aromatic N) is 1. The highest BCUT2D eigenvalue weighted by Gasteiger charge is 2.17. The van der Waals surface area contributed by atoms with Gasteiger partial charge in [-0.3, -0.25) is 0 Å². The first kappa shape index (κ1) is 16.0. The van der Waals surface area contributed by atoms with E-state index >= 15 is 0 Å². The molecule has 1 heterocycles. The fourth-order valence-corrected chi connectivity index (χ4v) is 3.60. The maximum absolute atomic E-state index is 9.32. The molecule has 3 nitrogen and oxygen atoms in total. The van der Waals surface area contributed by atoms with Crippen molar-refractivity contribution in [3.05, 3.63) is 77.4 Å². The van der Waals surface area contributed by atoms with Gasteiger partial charge in [0.15, 0.2) is 0 Å². The summed E-state index contributed by atoms with van der Waals surface area (Å²) in [5.74, 6) is 0. The maximum atomic E-state index is 9.32. The predicted molar refractivity (Wildman–Crippen MR) is 108 cm³/mol. The molecule has 0 amide bonds. The molecule has 0 bridgehead atoms. The average Bonchev–Trinajstić information content (AvgIpc) is 2.99. The standard InChI is InChI=1S/C23H19N3/c1-14-9-15(2)11-17(10-14)23-22(18-5-3-4-6-20(18)25)19-12-16(13-24)7-8-21(19)26-23/h3-12,26H,25H2,1-2H3. The van der Waals surface area contributed by atoms with E-state index in [4.69, 9.17) is 5.73 Å². The quantitative estimate of drug-likeness (QED) is 0.469. The molecule has 0 spiro atoms. The molecule has 0 saturated heterocycles. The maximum Gasteiger partial charge on any atom is 0.0991 e. The summed E-state index contributed by atoms with van der Waals surface area (Å²) < 4.78 is 0. The van der Waals surface area contributed by atoms with E-state index < -0.39 is 0 Å². The summed E-state index contributed by atoms with van der Waals surface area (Å²) >= 11 is 0. The number of nitrogens with two attached hydrogens (primary N) is 1. The van der Waals surface area contributed by atoms with Gasteiger partial charge in [-0.2, -0.15) is 5.26 Å². The Bertz CT molecular complexity index is 1160. The number of fused-ring (bicyclic) bond motifs is 1. The summed E-state index contributed by atoms with van der Waals surface area (Å²) in [6.07, 6.45) is 0. The van der Waals surface area contributed by atoms with Crippen LogP contribution < -0.4 is 5.73 Å². The van der Waals surface area contributed by atoms with Gasteiger partial charge in [0.2, 0.25) is 0 Å². The third-order valence-electron chi connectivity index (χ3n) is 4.67. The van der Waals surface area contributed by atoms with Crippen LogP contribution in [-0.4, -0.2) is 4.98 Å². The van der Waals surface area contributed by atoms with Crippen LogP contribution in [0.2, 0.25) is 0 Å². The Labute approximate surface area is 152 Å². The number of nitriles is 1. The van der Waals surface area contributed by atoms with Crippen molar-refractivity contribution in [2.45, 2.75) is 13.8 Å². The summed E-state index contributed by atoms with van der Waals surface area (Å²) in [4.78, 5) is 3.55. The fraction of sp³-hybridized carbons (Fsp3) is 0.0870. The van der Waals surface area contributed by atoms with Gasteiger partial charge in [-0.25, -0.2) is 0 Å². The lowest BCUT2D eigenvalue weighted by Gasteiger charge is -2.10. The molecule has 3 aromatic carbocycles. The first-order chi connectivity index (χ1) is 12.6. The van der Waals surface area contributed by atoms with Crippen LogP contribution in [0.4, 0.5) is 5.69 Å². The number of benzene rings is 3. The second kappa shape index (κ2) is 6.09. The Balaban J connectivity index is 2.12. The number of H-pyrrole nitrogens is 1. The van der Waals surface area contributed by atoms with Crippen molar-refractivity contribution < 1.29 is 0 Å². The Morgan fingerprint density at radius 2 is 1.65 bits per heavy atom. The number of hydrogen-bond donors (Lipinski definition) is 2. The molecule has 0 unspecified atom stereocenters. The van der Waals surface area contributed by atoms with E-state index in [0.717, 1.165) is 39.0 Å². The molecule has 0 saturated carbocycles. The molecule has 4 rings (SSSR count). The third-order valence-corrected chi connectivity index (χ3v) is 4.67. The molecule has 26 heavy (non-hydrogen) atoms. The predicted octanol–water partition coefficient (Wildman–Crippen LogP) is 5.57. The van der Waals surface area contributed by atoms with Gasteiger partial charge in [-0.1, -0.05) is 35.4 Å². The topological polar surface area (TPSA) is 65.6 Å². The van der Waals surface area contributed by atoms with Crippen molar-refractivity contribution in [1.82, 2.24) is 4.98 Å². The first-order valence-corrected chi connectivity index (χ1v) is 8.56. The molecule has 4 aromatic rings. The Hall–Kier alpha value is -3.51. The van der Waals surface area contributed by atoms with Crippen LogP contribution in [-0.2, 0) is 0 Å². The molecule has 126 valence electrons. The number of nitrogens with one attached hydrogen (secondary N) is 1. The molecular formula is C23H19N3. The van der Waals surface area contributed by atoms with Gasteiger partial charge in [0, 0.05) is 27.7 Å². The summed E-state index contributed by atoms with van der Waals surface area (Å²) in [6.45, 7) is 4.20. The van der Waals surface area contributed by atoms with Gasteiger partial charge in [0.05, 0.1) is 17.3 Å². The van der Waals surface area contributed by atoms with Crippen molar-refractivity contribution in [3.63, 3.8) is 0 Å². The molecule has 1 aromatic heterocycles. The minimum absolute atomic E-state index is 0.638. The van der Waals surface area contributed by atoms with E-state index in [-0.39, 0.29) is 0 Å². The fourth-order valence-electron chi connectivity index (χ4n) is 3.60. The largest absolute Gasteiger partial charge is 0.398 e. The van der Waals surface area contributed by atoms with E-state index in [1.807, 2.05) is 42.5 Å². The molecule has 0 atom stereocenters. The van der Waals surface area contributed by atoms with Crippen LogP contribution >= 0.6 is 0 Å². The van der Waals surface area contributed by atoms with Gasteiger partial charge in [-0.05, 0) is 55.8 Å². The highest BCUT2D eigenvalue weighted by molar-refractivity contribution is 6.06. The van der Waals surface area contributed by atoms with Crippen molar-refractivity contribution in [1.29, 1.82) is 5.26 Å². The molecule has 3 N–H and O–H groups in total. The zero-order valence-corrected chi connectivity index (χ0v) is 14.8. The number of nitrogen functional groups attached to an aromatic ring is 1. The number of aromatic nitrogens is 1. The van der Waals surface area contributed by atoms with Crippen LogP contribution in [0.1, 0.15) is 16.7 Å². The molecule has 3 heteroatoms. The molecule has 0 aliphatic carbocycles. The molecule has 0 radical (unpaired) electrons. The van der Waals surface area contributed by atoms with E-state index in [2.05, 4.69) is 43.1 Å². The average molecular weight is 337 g/mol. The van der Waals surface area contributed by atoms with Gasteiger partial charge in [-0.15, -0.1) is 0 Å². The Morgan fingerprint density at radius 1 is 0.923 bits per heavy atom. The molecule has 0 aliphatic rings. The molecule has 0 aliphatic heterocycles. The van der Waals surface area contributed by atoms with E-state index in [1.165, 1.54) is 11.1 Å². The SMILES string of the molecule is Cc1cc(C)cc(-c2[nH]c3ccc(C#N)cc3c2-c2ccccc2N)c1. The summed E-state index contributed by atoms with van der Waals surface area (Å²) in [7, 11) is 0. The van der Waals surface area contributed by atoms with Crippen LogP contribution in [0.3, 0.4) is 0 Å². The lowest BCUT2D eigenvalue weighted by molar-refractivity contribution is 1.36. The zero-order chi connectivity index (χ0) is 18.3. The minimum atomic E-state index is 0.638. The number of hydrogen-bond acceptors (Lipinski definition) is 2. The summed E-state index contributed by atoms with van der Waals surface area (Å²) in [5.41, 5.74) is 15.2.